The zero-order chi connectivity index (χ0) is 10.1. The third kappa shape index (κ3) is 1.60. The maximum atomic E-state index is 10.9. The van der Waals surface area contributed by atoms with Gasteiger partial charge in [-0.15, -0.1) is 0 Å². The van der Waals surface area contributed by atoms with E-state index in [1.54, 1.807) is 12.1 Å². The molecule has 2 aromatic heterocycles. The molecule has 0 unspecified atom stereocenters. The number of halogens is 1. The van der Waals surface area contributed by atoms with E-state index in [0.29, 0.717) is 10.4 Å². The van der Waals surface area contributed by atoms with Crippen LogP contribution in [0.15, 0.2) is 25.7 Å². The summed E-state index contributed by atoms with van der Waals surface area (Å²) in [6, 6.07) is 3.37. The van der Waals surface area contributed by atoms with Gasteiger partial charge in [-0.05, 0) is 28.1 Å². The van der Waals surface area contributed by atoms with Crippen molar-refractivity contribution in [2.24, 2.45) is 0 Å². The molecule has 0 aliphatic heterocycles. The Balaban J connectivity index is 2.38. The molecule has 0 amide bonds. The minimum absolute atomic E-state index is 0.0486. The lowest BCUT2D eigenvalue weighted by Gasteiger charge is -1.83. The zero-order valence-corrected chi connectivity index (χ0v) is 8.74. The van der Waals surface area contributed by atoms with Gasteiger partial charge in [-0.3, -0.25) is 4.79 Å². The lowest BCUT2D eigenvalue weighted by Crippen LogP contribution is -1.93. The summed E-state index contributed by atoms with van der Waals surface area (Å²) in [4.78, 5) is 14.7. The molecule has 2 rings (SSSR count). The largest absolute Gasteiger partial charge is 0.444 e. The third-order valence-electron chi connectivity index (χ3n) is 1.52. The average molecular weight is 257 g/mol. The third-order valence-corrected chi connectivity index (χ3v) is 1.95. The number of nitrogens with zero attached hydrogens (tertiary/aromatic N) is 2. The lowest BCUT2D eigenvalue weighted by atomic mass is 10.4. The van der Waals surface area contributed by atoms with Crippen molar-refractivity contribution in [3.8, 4) is 11.7 Å². The molecule has 6 heteroatoms. The molecular weight excluding hydrogens is 252 g/mol. The number of furan rings is 1. The van der Waals surface area contributed by atoms with Crippen molar-refractivity contribution in [1.82, 2.24) is 10.1 Å². The van der Waals surface area contributed by atoms with E-state index in [0.717, 1.165) is 0 Å². The van der Waals surface area contributed by atoms with Gasteiger partial charge in [0.1, 0.15) is 0 Å². The Morgan fingerprint density at radius 1 is 1.50 bits per heavy atom. The van der Waals surface area contributed by atoms with Gasteiger partial charge in [-0.2, -0.15) is 4.98 Å². The highest BCUT2D eigenvalue weighted by Crippen LogP contribution is 2.23. The van der Waals surface area contributed by atoms with Gasteiger partial charge in [0, 0.05) is 6.92 Å². The molecule has 0 aromatic carbocycles. The Morgan fingerprint density at radius 2 is 2.29 bits per heavy atom. The molecule has 72 valence electrons. The number of carbonyl (C=O) groups excluding carboxylic acids is 1. The molecule has 0 bridgehead atoms. The van der Waals surface area contributed by atoms with E-state index in [-0.39, 0.29) is 17.5 Å². The summed E-state index contributed by atoms with van der Waals surface area (Å²) in [6.07, 6.45) is 0. The van der Waals surface area contributed by atoms with Gasteiger partial charge in [0.05, 0.1) is 0 Å². The van der Waals surface area contributed by atoms with Crippen molar-refractivity contribution in [2.45, 2.75) is 6.92 Å². The van der Waals surface area contributed by atoms with Crippen LogP contribution in [0.2, 0.25) is 0 Å². The van der Waals surface area contributed by atoms with E-state index >= 15 is 0 Å². The number of aromatic nitrogens is 2. The smallest absolute Gasteiger partial charge is 0.294 e. The molecule has 14 heavy (non-hydrogen) atoms. The minimum atomic E-state index is -0.245. The van der Waals surface area contributed by atoms with E-state index in [1.165, 1.54) is 6.92 Å². The normalized spacial score (nSPS) is 10.4. The second-order valence-corrected chi connectivity index (χ2v) is 3.36. The summed E-state index contributed by atoms with van der Waals surface area (Å²) in [5.74, 6) is 0.427. The maximum absolute atomic E-state index is 10.9. The van der Waals surface area contributed by atoms with Gasteiger partial charge in [-0.25, -0.2) is 0 Å². The van der Waals surface area contributed by atoms with Gasteiger partial charge < -0.3 is 8.94 Å². The summed E-state index contributed by atoms with van der Waals surface area (Å²) in [7, 11) is 0. The first-order chi connectivity index (χ1) is 6.66. The topological polar surface area (TPSA) is 69.1 Å². The van der Waals surface area contributed by atoms with E-state index in [2.05, 4.69) is 26.1 Å². The molecule has 0 saturated carbocycles. The Hall–Kier alpha value is -1.43. The van der Waals surface area contributed by atoms with E-state index in [9.17, 15) is 4.79 Å². The van der Waals surface area contributed by atoms with Crippen LogP contribution in [0, 0.1) is 0 Å². The molecule has 0 fully saturated rings. The van der Waals surface area contributed by atoms with Crippen LogP contribution in [0.25, 0.3) is 11.7 Å². The Morgan fingerprint density at radius 3 is 2.79 bits per heavy atom. The number of hydrogen-bond donors (Lipinski definition) is 0. The van der Waals surface area contributed by atoms with Gasteiger partial charge >= 0.3 is 0 Å². The average Bonchev–Trinajstić information content (AvgIpc) is 2.70. The Kier molecular flexibility index (Phi) is 2.20. The molecule has 2 heterocycles. The molecule has 0 spiro atoms. The first kappa shape index (κ1) is 9.14. The summed E-state index contributed by atoms with van der Waals surface area (Å²) >= 11 is 3.14. The lowest BCUT2D eigenvalue weighted by molar-refractivity contribution is 0.100. The van der Waals surface area contributed by atoms with E-state index in [4.69, 9.17) is 8.94 Å². The van der Waals surface area contributed by atoms with Crippen LogP contribution < -0.4 is 0 Å². The van der Waals surface area contributed by atoms with E-state index in [1.807, 2.05) is 0 Å². The molecule has 0 N–H and O–H groups in total. The Labute approximate surface area is 87.2 Å². The number of rotatable bonds is 2. The number of Topliss-reactive ketones (excluding diaryl/α,β-unsaturated/α-hetero) is 1. The first-order valence-electron chi connectivity index (χ1n) is 3.77. The van der Waals surface area contributed by atoms with Crippen molar-refractivity contribution in [3.05, 3.63) is 22.6 Å². The second-order valence-electron chi connectivity index (χ2n) is 2.58. The predicted molar refractivity (Wildman–Crippen MR) is 49.7 cm³/mol. The molecule has 0 saturated heterocycles. The molecule has 0 atom stereocenters. The number of carbonyl (C=O) groups is 1. The van der Waals surface area contributed by atoms with Crippen LogP contribution in [0.4, 0.5) is 0 Å². The standard InChI is InChI=1S/C8H5BrN2O3/c1-4(12)7-10-8(14-11-7)5-2-3-6(9)13-5/h2-3H,1H3. The molecule has 5 nitrogen and oxygen atoms in total. The highest BCUT2D eigenvalue weighted by molar-refractivity contribution is 9.10. The molecule has 2 aromatic rings. The fraction of sp³-hybridized carbons (Fsp3) is 0.125. The van der Waals surface area contributed by atoms with Crippen molar-refractivity contribution in [2.75, 3.05) is 0 Å². The molecule has 0 radical (unpaired) electrons. The fourth-order valence-electron chi connectivity index (χ4n) is 0.896. The monoisotopic (exact) mass is 256 g/mol. The van der Waals surface area contributed by atoms with Crippen LogP contribution >= 0.6 is 15.9 Å². The maximum Gasteiger partial charge on any atom is 0.294 e. The van der Waals surface area contributed by atoms with Crippen molar-refractivity contribution >= 4 is 21.7 Å². The number of ketones is 1. The second kappa shape index (κ2) is 3.38. The van der Waals surface area contributed by atoms with E-state index < -0.39 is 0 Å². The van der Waals surface area contributed by atoms with Crippen LogP contribution in [-0.2, 0) is 0 Å². The molecule has 0 aliphatic rings. The van der Waals surface area contributed by atoms with Crippen LogP contribution in [0.5, 0.6) is 0 Å². The van der Waals surface area contributed by atoms with Gasteiger partial charge in [0.15, 0.2) is 10.4 Å². The summed E-state index contributed by atoms with van der Waals surface area (Å²) in [5, 5.41) is 3.49. The number of hydrogen-bond acceptors (Lipinski definition) is 5. The minimum Gasteiger partial charge on any atom is -0.444 e. The highest BCUT2D eigenvalue weighted by atomic mass is 79.9. The van der Waals surface area contributed by atoms with Crippen molar-refractivity contribution in [3.63, 3.8) is 0 Å². The predicted octanol–water partition coefficient (Wildman–Crippen LogP) is 2.29. The molecule has 0 aliphatic carbocycles. The summed E-state index contributed by atoms with van der Waals surface area (Å²) in [6.45, 7) is 1.37. The van der Waals surface area contributed by atoms with Crippen LogP contribution in [0.3, 0.4) is 0 Å². The molecular formula is C8H5BrN2O3. The fourth-order valence-corrected chi connectivity index (χ4v) is 1.20. The van der Waals surface area contributed by atoms with Gasteiger partial charge in [0.2, 0.25) is 11.6 Å². The van der Waals surface area contributed by atoms with Gasteiger partial charge in [-0.1, -0.05) is 5.16 Å². The quantitative estimate of drug-likeness (QED) is 0.772. The Bertz CT molecular complexity index is 474. The summed E-state index contributed by atoms with van der Waals surface area (Å²) < 4.78 is 10.6. The van der Waals surface area contributed by atoms with Crippen LogP contribution in [-0.4, -0.2) is 15.9 Å². The zero-order valence-electron chi connectivity index (χ0n) is 7.15. The van der Waals surface area contributed by atoms with Crippen molar-refractivity contribution in [1.29, 1.82) is 0 Å². The van der Waals surface area contributed by atoms with Crippen LogP contribution in [0.1, 0.15) is 17.5 Å². The summed E-state index contributed by atoms with van der Waals surface area (Å²) in [5.41, 5.74) is 0. The van der Waals surface area contributed by atoms with Crippen molar-refractivity contribution < 1.29 is 13.7 Å². The highest BCUT2D eigenvalue weighted by Gasteiger charge is 2.14. The SMILES string of the molecule is CC(=O)c1noc(-c2ccc(Br)o2)n1. The first-order valence-corrected chi connectivity index (χ1v) is 4.56. The van der Waals surface area contributed by atoms with Gasteiger partial charge in [0.25, 0.3) is 5.89 Å².